The number of amides is 2. The van der Waals surface area contributed by atoms with Crippen LogP contribution in [-0.4, -0.2) is 45.3 Å². The third-order valence-corrected chi connectivity index (χ3v) is 6.50. The maximum atomic E-state index is 12.6. The van der Waals surface area contributed by atoms with Crippen molar-refractivity contribution in [1.82, 2.24) is 10.3 Å². The molecule has 0 atom stereocenters. The molecule has 0 aromatic heterocycles. The van der Waals surface area contributed by atoms with Crippen LogP contribution in [-0.2, 0) is 19.6 Å². The molecule has 166 valence electrons. The van der Waals surface area contributed by atoms with Crippen LogP contribution in [0.15, 0.2) is 53.4 Å². The number of hydrogen-bond acceptors (Lipinski definition) is 6. The summed E-state index contributed by atoms with van der Waals surface area (Å²) in [6, 6.07) is 12.4. The molecular weight excluding hydrogens is 418 g/mol. The molecule has 1 saturated heterocycles. The van der Waals surface area contributed by atoms with Crippen molar-refractivity contribution in [2.24, 2.45) is 5.92 Å². The minimum absolute atomic E-state index is 0.0836. The summed E-state index contributed by atoms with van der Waals surface area (Å²) in [5, 5.41) is 2.82. The Bertz CT molecular complexity index is 985. The van der Waals surface area contributed by atoms with Crippen LogP contribution >= 0.6 is 0 Å². The predicted octanol–water partition coefficient (Wildman–Crippen LogP) is 2.23. The van der Waals surface area contributed by atoms with Crippen molar-refractivity contribution in [3.8, 4) is 0 Å². The van der Waals surface area contributed by atoms with E-state index in [1.807, 2.05) is 0 Å². The molecule has 1 aliphatic heterocycles. The first-order valence-electron chi connectivity index (χ1n) is 10.1. The molecule has 9 nitrogen and oxygen atoms in total. The monoisotopic (exact) mass is 445 g/mol. The smallest absolute Gasteiger partial charge is 0.261 e. The Morgan fingerprint density at radius 1 is 1.00 bits per heavy atom. The van der Waals surface area contributed by atoms with E-state index >= 15 is 0 Å². The summed E-state index contributed by atoms with van der Waals surface area (Å²) < 4.78 is 27.7. The third-order valence-electron chi connectivity index (χ3n) is 5.10. The number of likely N-dealkylation sites (tertiary alicyclic amines) is 1. The molecular formula is C21H27N5O4S. The van der Waals surface area contributed by atoms with E-state index in [4.69, 9.17) is 0 Å². The first-order valence-corrected chi connectivity index (χ1v) is 11.5. The summed E-state index contributed by atoms with van der Waals surface area (Å²) in [6.07, 6.45) is 2.69. The van der Waals surface area contributed by atoms with E-state index in [0.29, 0.717) is 35.9 Å². The van der Waals surface area contributed by atoms with Crippen molar-refractivity contribution in [2.75, 3.05) is 35.1 Å². The Morgan fingerprint density at radius 3 is 2.19 bits per heavy atom. The number of rotatable bonds is 9. The lowest BCUT2D eigenvalue weighted by Gasteiger charge is -2.29. The Morgan fingerprint density at radius 2 is 1.58 bits per heavy atom. The van der Waals surface area contributed by atoms with Gasteiger partial charge in [0.25, 0.3) is 10.0 Å². The molecule has 2 aromatic carbocycles. The van der Waals surface area contributed by atoms with Gasteiger partial charge in [-0.25, -0.2) is 8.42 Å². The van der Waals surface area contributed by atoms with Gasteiger partial charge in [-0.1, -0.05) is 6.92 Å². The van der Waals surface area contributed by atoms with Crippen LogP contribution in [0.4, 0.5) is 17.1 Å². The average Bonchev–Trinajstić information content (AvgIpc) is 2.75. The van der Waals surface area contributed by atoms with Gasteiger partial charge in [0.05, 0.1) is 17.1 Å². The zero-order valence-electron chi connectivity index (χ0n) is 17.3. The molecule has 0 aliphatic carbocycles. The molecule has 2 amide bonds. The Balaban J connectivity index is 1.55. The van der Waals surface area contributed by atoms with Crippen molar-refractivity contribution in [3.05, 3.63) is 48.5 Å². The van der Waals surface area contributed by atoms with Crippen molar-refractivity contribution >= 4 is 39.4 Å². The molecule has 0 radical (unpaired) electrons. The number of nitrogens with one attached hydrogen (secondary N) is 4. The van der Waals surface area contributed by atoms with Crippen LogP contribution < -0.4 is 20.9 Å². The molecule has 0 saturated carbocycles. The van der Waals surface area contributed by atoms with E-state index in [-0.39, 0.29) is 10.8 Å². The average molecular weight is 446 g/mol. The fourth-order valence-corrected chi connectivity index (χ4v) is 4.35. The summed E-state index contributed by atoms with van der Waals surface area (Å²) in [7, 11) is -3.78. The third kappa shape index (κ3) is 6.69. The van der Waals surface area contributed by atoms with Gasteiger partial charge in [0.15, 0.2) is 0 Å². The zero-order valence-corrected chi connectivity index (χ0v) is 18.1. The summed E-state index contributed by atoms with van der Waals surface area (Å²) >= 11 is 0. The normalized spacial score (nSPS) is 15.1. The molecule has 0 bridgehead atoms. The highest BCUT2D eigenvalue weighted by molar-refractivity contribution is 7.92. The molecule has 10 heteroatoms. The van der Waals surface area contributed by atoms with Gasteiger partial charge in [0.2, 0.25) is 12.3 Å². The topological polar surface area (TPSA) is 120 Å². The van der Waals surface area contributed by atoms with Crippen LogP contribution in [0.2, 0.25) is 0 Å². The number of carbonyl (C=O) groups is 2. The Kier molecular flexibility index (Phi) is 7.48. The van der Waals surface area contributed by atoms with Gasteiger partial charge in [-0.05, 0) is 80.4 Å². The summed E-state index contributed by atoms with van der Waals surface area (Å²) in [4.78, 5) is 24.8. The number of benzene rings is 2. The quantitative estimate of drug-likeness (QED) is 0.347. The number of carbonyl (C=O) groups excluding carboxylic acids is 2. The summed E-state index contributed by atoms with van der Waals surface area (Å²) in [6.45, 7) is 4.40. The van der Waals surface area contributed by atoms with Gasteiger partial charge < -0.3 is 5.32 Å². The van der Waals surface area contributed by atoms with Crippen molar-refractivity contribution in [2.45, 2.75) is 24.7 Å². The number of sulfonamides is 1. The number of hydrazine groups is 1. The number of hydrogen-bond donors (Lipinski definition) is 4. The number of piperidine rings is 1. The van der Waals surface area contributed by atoms with Gasteiger partial charge in [0.1, 0.15) is 0 Å². The van der Waals surface area contributed by atoms with Crippen LogP contribution in [0.25, 0.3) is 0 Å². The molecule has 1 heterocycles. The second-order valence-electron chi connectivity index (χ2n) is 7.60. The second-order valence-corrected chi connectivity index (χ2v) is 9.28. The number of nitrogens with zero attached hydrogens (tertiary/aromatic N) is 1. The highest BCUT2D eigenvalue weighted by Gasteiger charge is 2.18. The predicted molar refractivity (Wildman–Crippen MR) is 120 cm³/mol. The lowest BCUT2D eigenvalue weighted by molar-refractivity contribution is -0.117. The van der Waals surface area contributed by atoms with Gasteiger partial charge in [-0.15, -0.1) is 0 Å². The highest BCUT2D eigenvalue weighted by atomic mass is 32.2. The van der Waals surface area contributed by atoms with Crippen molar-refractivity contribution < 1.29 is 18.0 Å². The lowest BCUT2D eigenvalue weighted by atomic mass is 9.99. The van der Waals surface area contributed by atoms with Gasteiger partial charge in [-0.2, -0.15) is 0 Å². The first kappa shape index (κ1) is 22.6. The molecule has 0 spiro atoms. The Labute approximate surface area is 182 Å². The van der Waals surface area contributed by atoms with E-state index in [1.165, 1.54) is 12.1 Å². The fourth-order valence-electron chi connectivity index (χ4n) is 3.29. The van der Waals surface area contributed by atoms with Crippen molar-refractivity contribution in [3.63, 3.8) is 0 Å². The SMILES string of the molecule is CC1CCN(CC(=O)Nc2ccc(S(=O)(=O)Nc3ccc(NNC=O)cc3)cc2)CC1. The molecule has 3 rings (SSSR count). The second kappa shape index (κ2) is 10.3. The van der Waals surface area contributed by atoms with Gasteiger partial charge >= 0.3 is 0 Å². The van der Waals surface area contributed by atoms with Crippen molar-refractivity contribution in [1.29, 1.82) is 0 Å². The molecule has 2 aromatic rings. The maximum Gasteiger partial charge on any atom is 0.261 e. The lowest BCUT2D eigenvalue weighted by Crippen LogP contribution is -2.38. The van der Waals surface area contributed by atoms with Gasteiger partial charge in [0, 0.05) is 11.4 Å². The summed E-state index contributed by atoms with van der Waals surface area (Å²) in [5.41, 5.74) is 6.47. The van der Waals surface area contributed by atoms with Crippen LogP contribution in [0.5, 0.6) is 0 Å². The maximum absolute atomic E-state index is 12.6. The molecule has 4 N–H and O–H groups in total. The molecule has 0 unspecified atom stereocenters. The molecule has 31 heavy (non-hydrogen) atoms. The first-order chi connectivity index (χ1) is 14.9. The van der Waals surface area contributed by atoms with E-state index in [1.54, 1.807) is 36.4 Å². The molecule has 1 aliphatic rings. The van der Waals surface area contributed by atoms with E-state index < -0.39 is 10.0 Å². The standard InChI is InChI=1S/C21H27N5O4S/c1-16-10-12-26(13-11-16)14-21(28)23-17-6-8-20(9-7-17)31(29,30)25-19-4-2-18(3-5-19)24-22-15-27/h2-9,15-16,24-25H,10-14H2,1H3,(H,22,27)(H,23,28). The highest BCUT2D eigenvalue weighted by Crippen LogP contribution is 2.20. The summed E-state index contributed by atoms with van der Waals surface area (Å²) in [5.74, 6) is 0.595. The minimum atomic E-state index is -3.78. The van der Waals surface area contributed by atoms with Crippen LogP contribution in [0.3, 0.4) is 0 Å². The fraction of sp³-hybridized carbons (Fsp3) is 0.333. The minimum Gasteiger partial charge on any atom is -0.325 e. The Hall–Kier alpha value is -3.11. The molecule has 1 fully saturated rings. The van der Waals surface area contributed by atoms with E-state index in [0.717, 1.165) is 25.9 Å². The van der Waals surface area contributed by atoms with E-state index in [9.17, 15) is 18.0 Å². The number of anilines is 3. The van der Waals surface area contributed by atoms with Crippen LogP contribution in [0.1, 0.15) is 19.8 Å². The van der Waals surface area contributed by atoms with Crippen LogP contribution in [0, 0.1) is 5.92 Å². The van der Waals surface area contributed by atoms with Gasteiger partial charge in [-0.3, -0.25) is 30.1 Å². The van der Waals surface area contributed by atoms with E-state index in [2.05, 4.69) is 32.7 Å². The zero-order chi connectivity index (χ0) is 22.3. The largest absolute Gasteiger partial charge is 0.325 e.